The van der Waals surface area contributed by atoms with Crippen LogP contribution in [-0.2, 0) is 11.2 Å². The van der Waals surface area contributed by atoms with Crippen LogP contribution in [0.5, 0.6) is 0 Å². The van der Waals surface area contributed by atoms with E-state index < -0.39 is 0 Å². The van der Waals surface area contributed by atoms with E-state index >= 15 is 0 Å². The molecule has 0 bridgehead atoms. The van der Waals surface area contributed by atoms with Crippen molar-refractivity contribution in [1.29, 1.82) is 0 Å². The van der Waals surface area contributed by atoms with Crippen LogP contribution in [0.3, 0.4) is 0 Å². The van der Waals surface area contributed by atoms with Crippen molar-refractivity contribution in [3.05, 3.63) is 66.2 Å². The van der Waals surface area contributed by atoms with E-state index in [9.17, 15) is 9.18 Å². The number of amides is 1. The number of hydrogen-bond donors (Lipinski definition) is 1. The molecule has 1 aliphatic carbocycles. The molecule has 0 radical (unpaired) electrons. The second-order valence-electron chi connectivity index (χ2n) is 11.7. The van der Waals surface area contributed by atoms with Gasteiger partial charge in [0.2, 0.25) is 5.91 Å². The number of piperidine rings is 1. The second-order valence-corrected chi connectivity index (χ2v) is 11.7. The van der Waals surface area contributed by atoms with Gasteiger partial charge < -0.3 is 19.7 Å². The Morgan fingerprint density at radius 1 is 1.00 bits per heavy atom. The number of carbonyl (C=O) groups excluding carboxylic acids is 1. The zero-order valence-corrected chi connectivity index (χ0v) is 23.1. The van der Waals surface area contributed by atoms with Gasteiger partial charge in [-0.25, -0.2) is 14.4 Å². The molecule has 2 aromatic carbocycles. The minimum atomic E-state index is -0.339. The number of rotatable bonds is 6. The molecule has 4 aromatic rings. The Bertz CT molecular complexity index is 1580. The molecule has 7 nitrogen and oxygen atoms in total. The number of hydrogen-bond acceptors (Lipinski definition) is 5. The predicted molar refractivity (Wildman–Crippen MR) is 156 cm³/mol. The van der Waals surface area contributed by atoms with Crippen LogP contribution in [0.2, 0.25) is 0 Å². The van der Waals surface area contributed by atoms with Crippen LogP contribution in [0.25, 0.3) is 22.3 Å². The highest BCUT2D eigenvalue weighted by atomic mass is 19.1. The van der Waals surface area contributed by atoms with E-state index in [-0.39, 0.29) is 23.8 Å². The molecule has 40 heavy (non-hydrogen) atoms. The third-order valence-electron chi connectivity index (χ3n) is 8.85. The van der Waals surface area contributed by atoms with Gasteiger partial charge in [0.15, 0.2) is 5.82 Å². The number of para-hydroxylation sites is 1. The van der Waals surface area contributed by atoms with Crippen LogP contribution in [-0.4, -0.2) is 50.5 Å². The SMILES string of the molecule is CC(C)n1cnc2cc(-c3ccc4c(c3)N(C3CC(N5CCCCC5)C3)C(=O)C4)nc(Nc3ccccc3F)c21. The Morgan fingerprint density at radius 3 is 2.58 bits per heavy atom. The topological polar surface area (TPSA) is 66.3 Å². The van der Waals surface area contributed by atoms with Gasteiger partial charge in [-0.1, -0.05) is 30.7 Å². The molecule has 1 N–H and O–H groups in total. The van der Waals surface area contributed by atoms with Crippen LogP contribution in [0.1, 0.15) is 57.6 Å². The van der Waals surface area contributed by atoms with Gasteiger partial charge in [-0.3, -0.25) is 4.79 Å². The minimum absolute atomic E-state index is 0.162. The molecular weight excluding hydrogens is 503 g/mol. The summed E-state index contributed by atoms with van der Waals surface area (Å²) in [4.78, 5) is 27.5. The van der Waals surface area contributed by atoms with Gasteiger partial charge in [-0.05, 0) is 82.4 Å². The number of fused-ring (bicyclic) bond motifs is 2. The first-order chi connectivity index (χ1) is 19.5. The number of benzene rings is 2. The zero-order chi connectivity index (χ0) is 27.4. The van der Waals surface area contributed by atoms with Crippen molar-refractivity contribution in [3.63, 3.8) is 0 Å². The van der Waals surface area contributed by atoms with Gasteiger partial charge in [-0.2, -0.15) is 0 Å². The standard InChI is InChI=1S/C32H35FN6O/c1-20(2)38-19-34-28-18-27(36-32(31(28)38)35-26-9-5-4-8-25(26)33)21-10-11-22-15-30(40)39(29(22)14-21)24-16-23(17-24)37-12-6-3-7-13-37/h4-5,8-11,14,18-20,23-24H,3,6-7,12-13,15-17H2,1-2H3,(H,35,36). The molecular formula is C32H35FN6O. The average molecular weight is 539 g/mol. The van der Waals surface area contributed by atoms with E-state index in [2.05, 4.69) is 41.2 Å². The Labute approximate surface area is 234 Å². The van der Waals surface area contributed by atoms with Crippen LogP contribution in [0.15, 0.2) is 54.9 Å². The van der Waals surface area contributed by atoms with Gasteiger partial charge >= 0.3 is 0 Å². The third-order valence-corrected chi connectivity index (χ3v) is 8.85. The van der Waals surface area contributed by atoms with Crippen molar-refractivity contribution in [2.24, 2.45) is 0 Å². The lowest BCUT2D eigenvalue weighted by molar-refractivity contribution is -0.118. The van der Waals surface area contributed by atoms with Crippen molar-refractivity contribution < 1.29 is 9.18 Å². The van der Waals surface area contributed by atoms with Gasteiger partial charge in [0, 0.05) is 29.4 Å². The molecule has 2 aromatic heterocycles. The Hall–Kier alpha value is -3.78. The van der Waals surface area contributed by atoms with Crippen molar-refractivity contribution in [2.45, 2.75) is 70.5 Å². The Balaban J connectivity index is 1.23. The maximum Gasteiger partial charge on any atom is 0.231 e. The van der Waals surface area contributed by atoms with E-state index in [0.29, 0.717) is 24.0 Å². The summed E-state index contributed by atoms with van der Waals surface area (Å²) in [5.41, 5.74) is 5.72. The quantitative estimate of drug-likeness (QED) is 0.305. The van der Waals surface area contributed by atoms with E-state index in [1.165, 1.54) is 38.4 Å². The summed E-state index contributed by atoms with van der Waals surface area (Å²) in [6.45, 7) is 6.56. The number of nitrogens with one attached hydrogen (secondary N) is 1. The largest absolute Gasteiger partial charge is 0.336 e. The Morgan fingerprint density at radius 2 is 1.80 bits per heavy atom. The molecule has 4 heterocycles. The molecule has 0 atom stereocenters. The van der Waals surface area contributed by atoms with E-state index in [1.807, 2.05) is 27.9 Å². The normalized spacial score (nSPS) is 21.2. The maximum atomic E-state index is 14.6. The fourth-order valence-corrected chi connectivity index (χ4v) is 6.61. The maximum absolute atomic E-state index is 14.6. The number of imidazole rings is 1. The van der Waals surface area contributed by atoms with Gasteiger partial charge in [-0.15, -0.1) is 0 Å². The number of likely N-dealkylation sites (tertiary alicyclic amines) is 1. The van der Waals surface area contributed by atoms with Crippen molar-refractivity contribution in [2.75, 3.05) is 23.3 Å². The molecule has 0 unspecified atom stereocenters. The van der Waals surface area contributed by atoms with Crippen molar-refractivity contribution in [3.8, 4) is 11.3 Å². The number of carbonyl (C=O) groups is 1. The molecule has 8 heteroatoms. The highest BCUT2D eigenvalue weighted by Gasteiger charge is 2.42. The number of nitrogens with zero attached hydrogens (tertiary/aromatic N) is 5. The Kier molecular flexibility index (Phi) is 6.30. The first-order valence-corrected chi connectivity index (χ1v) is 14.5. The smallest absolute Gasteiger partial charge is 0.231 e. The van der Waals surface area contributed by atoms with E-state index in [1.54, 1.807) is 18.2 Å². The average Bonchev–Trinajstić information content (AvgIpc) is 3.51. The highest BCUT2D eigenvalue weighted by Crippen LogP contribution is 2.41. The van der Waals surface area contributed by atoms with Crippen LogP contribution in [0.4, 0.5) is 21.6 Å². The molecule has 2 fully saturated rings. The molecule has 7 rings (SSSR count). The summed E-state index contributed by atoms with van der Waals surface area (Å²) in [6, 6.07) is 15.8. The number of pyridine rings is 1. The summed E-state index contributed by atoms with van der Waals surface area (Å²) in [7, 11) is 0. The molecule has 1 amide bonds. The number of halogens is 1. The monoisotopic (exact) mass is 538 g/mol. The van der Waals surface area contributed by atoms with Crippen molar-refractivity contribution >= 4 is 34.1 Å². The van der Waals surface area contributed by atoms with Crippen LogP contribution in [0, 0.1) is 5.82 Å². The zero-order valence-electron chi connectivity index (χ0n) is 23.1. The highest BCUT2D eigenvalue weighted by molar-refractivity contribution is 6.03. The number of aromatic nitrogens is 3. The first kappa shape index (κ1) is 25.2. The second kappa shape index (κ2) is 10.0. The predicted octanol–water partition coefficient (Wildman–Crippen LogP) is 6.47. The summed E-state index contributed by atoms with van der Waals surface area (Å²) >= 11 is 0. The van der Waals surface area contributed by atoms with Gasteiger partial charge in [0.1, 0.15) is 11.3 Å². The summed E-state index contributed by atoms with van der Waals surface area (Å²) in [5.74, 6) is 0.407. The van der Waals surface area contributed by atoms with Crippen LogP contribution >= 0.6 is 0 Å². The fraction of sp³-hybridized carbons (Fsp3) is 0.406. The van der Waals surface area contributed by atoms with Crippen LogP contribution < -0.4 is 10.2 Å². The lowest BCUT2D eigenvalue weighted by Crippen LogP contribution is -2.56. The summed E-state index contributed by atoms with van der Waals surface area (Å²) in [5, 5.41) is 3.23. The molecule has 1 saturated heterocycles. The van der Waals surface area contributed by atoms with E-state index in [0.717, 1.165) is 46.4 Å². The van der Waals surface area contributed by atoms with Gasteiger partial charge in [0.05, 0.1) is 29.6 Å². The summed E-state index contributed by atoms with van der Waals surface area (Å²) in [6.07, 6.45) is 8.26. The van der Waals surface area contributed by atoms with E-state index in [4.69, 9.17) is 4.98 Å². The molecule has 206 valence electrons. The molecule has 0 spiro atoms. The van der Waals surface area contributed by atoms with Gasteiger partial charge in [0.25, 0.3) is 0 Å². The molecule has 2 aliphatic heterocycles. The number of anilines is 3. The molecule has 1 saturated carbocycles. The minimum Gasteiger partial charge on any atom is -0.336 e. The fourth-order valence-electron chi connectivity index (χ4n) is 6.61. The first-order valence-electron chi connectivity index (χ1n) is 14.5. The lowest BCUT2D eigenvalue weighted by atomic mass is 9.83. The third kappa shape index (κ3) is 4.35. The van der Waals surface area contributed by atoms with Crippen molar-refractivity contribution in [1.82, 2.24) is 19.4 Å². The lowest BCUT2D eigenvalue weighted by Gasteiger charge is -2.47. The molecule has 3 aliphatic rings. The summed E-state index contributed by atoms with van der Waals surface area (Å²) < 4.78 is 16.7.